The number of hydrogen-bond acceptors (Lipinski definition) is 2. The summed E-state index contributed by atoms with van der Waals surface area (Å²) in [5.41, 5.74) is 0.771. The molecule has 1 amide bonds. The molecule has 0 aromatic heterocycles. The van der Waals surface area contributed by atoms with Crippen LogP contribution in [0.2, 0.25) is 0 Å². The van der Waals surface area contributed by atoms with Gasteiger partial charge in [-0.3, -0.25) is 4.79 Å². The number of carbonyl (C=O) groups excluding carboxylic acids is 1. The van der Waals surface area contributed by atoms with Gasteiger partial charge < -0.3 is 4.90 Å². The molecule has 1 saturated heterocycles. The molecule has 24 heavy (non-hydrogen) atoms. The van der Waals surface area contributed by atoms with Gasteiger partial charge in [0.05, 0.1) is 0 Å². The van der Waals surface area contributed by atoms with Gasteiger partial charge in [0.1, 0.15) is 17.5 Å². The Morgan fingerprint density at radius 2 is 1.71 bits per heavy atom. The van der Waals surface area contributed by atoms with Crippen molar-refractivity contribution in [2.45, 2.75) is 11.7 Å². The Morgan fingerprint density at radius 1 is 1.00 bits per heavy atom. The van der Waals surface area contributed by atoms with Crippen molar-refractivity contribution in [3.05, 3.63) is 71.0 Å². The first-order chi connectivity index (χ1) is 11.5. The van der Waals surface area contributed by atoms with E-state index < -0.39 is 11.6 Å². The molecule has 3 rings (SSSR count). The van der Waals surface area contributed by atoms with E-state index in [2.05, 4.69) is 0 Å². The molecule has 1 aliphatic rings. The molecule has 0 radical (unpaired) electrons. The molecular weight excluding hydrogens is 335 g/mol. The van der Waals surface area contributed by atoms with E-state index in [1.54, 1.807) is 4.90 Å². The first kappa shape index (κ1) is 16.9. The molecule has 0 bridgehead atoms. The number of amides is 1. The molecule has 1 aliphatic heterocycles. The Morgan fingerprint density at radius 3 is 2.46 bits per heavy atom. The van der Waals surface area contributed by atoms with Gasteiger partial charge in [0.2, 0.25) is 0 Å². The molecule has 0 N–H and O–H groups in total. The molecule has 2 nitrogen and oxygen atoms in total. The quantitative estimate of drug-likeness (QED) is 0.798. The van der Waals surface area contributed by atoms with Crippen molar-refractivity contribution < 1.29 is 18.0 Å². The molecule has 6 heteroatoms. The maximum Gasteiger partial charge on any atom is 0.253 e. The summed E-state index contributed by atoms with van der Waals surface area (Å²) in [5, 5.41) is -0.188. The standard InChI is InChI=1S/C18H16F3NOS/c19-13-3-1-12(2-4-13)18(23)22-8-7-17(24-10-9-22)15-11-14(20)5-6-16(15)21/h1-6,11,17H,7-10H2. The summed E-state index contributed by atoms with van der Waals surface area (Å²) in [4.78, 5) is 14.2. The summed E-state index contributed by atoms with van der Waals surface area (Å²) in [6.07, 6.45) is 0.540. The van der Waals surface area contributed by atoms with Crippen LogP contribution in [0.15, 0.2) is 42.5 Å². The fourth-order valence-electron chi connectivity index (χ4n) is 2.76. The van der Waals surface area contributed by atoms with Gasteiger partial charge in [-0.1, -0.05) is 0 Å². The number of hydrogen-bond donors (Lipinski definition) is 0. The van der Waals surface area contributed by atoms with E-state index in [4.69, 9.17) is 0 Å². The largest absolute Gasteiger partial charge is 0.338 e. The molecule has 2 aromatic rings. The fraction of sp³-hybridized carbons (Fsp3) is 0.278. The molecule has 0 aliphatic carbocycles. The average Bonchev–Trinajstić information content (AvgIpc) is 2.83. The van der Waals surface area contributed by atoms with Crippen LogP contribution in [0.5, 0.6) is 0 Å². The van der Waals surface area contributed by atoms with Crippen LogP contribution in [-0.2, 0) is 0 Å². The van der Waals surface area contributed by atoms with Crippen molar-refractivity contribution in [1.82, 2.24) is 4.90 Å². The van der Waals surface area contributed by atoms with Crippen molar-refractivity contribution in [3.63, 3.8) is 0 Å². The van der Waals surface area contributed by atoms with E-state index in [9.17, 15) is 18.0 Å². The van der Waals surface area contributed by atoms with Crippen molar-refractivity contribution in [2.75, 3.05) is 18.8 Å². The number of rotatable bonds is 2. The molecule has 0 saturated carbocycles. The number of nitrogens with zero attached hydrogens (tertiary/aromatic N) is 1. The Hall–Kier alpha value is -1.95. The zero-order valence-corrected chi connectivity index (χ0v) is 13.7. The van der Waals surface area contributed by atoms with Crippen LogP contribution < -0.4 is 0 Å². The third-order valence-electron chi connectivity index (χ3n) is 4.02. The van der Waals surface area contributed by atoms with E-state index in [1.165, 1.54) is 42.1 Å². The normalized spacial score (nSPS) is 18.3. The minimum atomic E-state index is -0.463. The van der Waals surface area contributed by atoms with Gasteiger partial charge in [0.15, 0.2) is 0 Å². The summed E-state index contributed by atoms with van der Waals surface area (Å²) in [5.74, 6) is -0.814. The lowest BCUT2D eigenvalue weighted by atomic mass is 10.1. The first-order valence-electron chi connectivity index (χ1n) is 7.66. The Labute approximate surface area is 142 Å². The molecule has 1 fully saturated rings. The lowest BCUT2D eigenvalue weighted by Gasteiger charge is -2.20. The lowest BCUT2D eigenvalue weighted by Crippen LogP contribution is -2.32. The molecule has 0 spiro atoms. The predicted molar refractivity (Wildman–Crippen MR) is 88.5 cm³/mol. The van der Waals surface area contributed by atoms with Gasteiger partial charge in [-0.25, -0.2) is 13.2 Å². The van der Waals surface area contributed by atoms with Crippen molar-refractivity contribution in [1.29, 1.82) is 0 Å². The second-order valence-corrected chi connectivity index (χ2v) is 6.92. The molecule has 1 atom stereocenters. The summed E-state index contributed by atoms with van der Waals surface area (Å²) in [7, 11) is 0. The number of benzene rings is 2. The van der Waals surface area contributed by atoms with E-state index in [1.807, 2.05) is 0 Å². The van der Waals surface area contributed by atoms with Crippen LogP contribution in [0.3, 0.4) is 0 Å². The zero-order valence-electron chi connectivity index (χ0n) is 12.8. The minimum Gasteiger partial charge on any atom is -0.338 e. The van der Waals surface area contributed by atoms with Crippen LogP contribution in [0.25, 0.3) is 0 Å². The Bertz CT molecular complexity index is 736. The van der Waals surface area contributed by atoms with Crippen LogP contribution in [-0.4, -0.2) is 29.6 Å². The third-order valence-corrected chi connectivity index (χ3v) is 5.34. The molecule has 2 aromatic carbocycles. The van der Waals surface area contributed by atoms with Gasteiger partial charge in [-0.15, -0.1) is 0 Å². The predicted octanol–water partition coefficient (Wildman–Crippen LogP) is 4.42. The van der Waals surface area contributed by atoms with E-state index in [0.29, 0.717) is 36.4 Å². The van der Waals surface area contributed by atoms with Crippen molar-refractivity contribution in [3.8, 4) is 0 Å². The minimum absolute atomic E-state index is 0.170. The van der Waals surface area contributed by atoms with Crippen LogP contribution in [0, 0.1) is 17.5 Å². The molecule has 1 unspecified atom stereocenters. The van der Waals surface area contributed by atoms with Gasteiger partial charge >= 0.3 is 0 Å². The SMILES string of the molecule is O=C(c1ccc(F)cc1)N1CCSC(c2cc(F)ccc2F)CC1. The van der Waals surface area contributed by atoms with E-state index >= 15 is 0 Å². The van der Waals surface area contributed by atoms with Crippen LogP contribution in [0.4, 0.5) is 13.2 Å². The topological polar surface area (TPSA) is 20.3 Å². The molecular formula is C18H16F3NOS. The average molecular weight is 351 g/mol. The highest BCUT2D eigenvalue weighted by Crippen LogP contribution is 2.36. The second kappa shape index (κ2) is 7.30. The third kappa shape index (κ3) is 3.75. The second-order valence-electron chi connectivity index (χ2n) is 5.61. The zero-order chi connectivity index (χ0) is 17.1. The van der Waals surface area contributed by atoms with E-state index in [0.717, 1.165) is 12.1 Å². The number of halogens is 3. The van der Waals surface area contributed by atoms with Crippen LogP contribution in [0.1, 0.15) is 27.6 Å². The number of thioether (sulfide) groups is 1. The maximum absolute atomic E-state index is 13.9. The van der Waals surface area contributed by atoms with Gasteiger partial charge in [0.25, 0.3) is 5.91 Å². The van der Waals surface area contributed by atoms with Gasteiger partial charge in [-0.2, -0.15) is 11.8 Å². The monoisotopic (exact) mass is 351 g/mol. The Balaban J connectivity index is 1.72. The summed E-state index contributed by atoms with van der Waals surface area (Å²) < 4.78 is 40.3. The Kier molecular flexibility index (Phi) is 5.14. The van der Waals surface area contributed by atoms with E-state index in [-0.39, 0.29) is 17.0 Å². The molecule has 126 valence electrons. The maximum atomic E-state index is 13.9. The highest BCUT2D eigenvalue weighted by Gasteiger charge is 2.24. The molecule has 1 heterocycles. The highest BCUT2D eigenvalue weighted by molar-refractivity contribution is 7.99. The lowest BCUT2D eigenvalue weighted by molar-refractivity contribution is 0.0766. The van der Waals surface area contributed by atoms with Crippen molar-refractivity contribution >= 4 is 17.7 Å². The number of carbonyl (C=O) groups is 1. The van der Waals surface area contributed by atoms with Crippen molar-refractivity contribution in [2.24, 2.45) is 0 Å². The summed E-state index contributed by atoms with van der Waals surface area (Å²) in [6, 6.07) is 8.89. The summed E-state index contributed by atoms with van der Waals surface area (Å²) in [6.45, 7) is 0.970. The highest BCUT2D eigenvalue weighted by atomic mass is 32.2. The smallest absolute Gasteiger partial charge is 0.253 e. The van der Waals surface area contributed by atoms with Gasteiger partial charge in [-0.05, 0) is 48.9 Å². The fourth-order valence-corrected chi connectivity index (χ4v) is 4.00. The van der Waals surface area contributed by atoms with Crippen LogP contribution >= 0.6 is 11.8 Å². The first-order valence-corrected chi connectivity index (χ1v) is 8.71. The van der Waals surface area contributed by atoms with Gasteiger partial charge in [0, 0.05) is 35.2 Å². The summed E-state index contributed by atoms with van der Waals surface area (Å²) >= 11 is 1.52.